The van der Waals surface area contributed by atoms with Crippen molar-refractivity contribution in [2.45, 2.75) is 62.7 Å². The lowest BCUT2D eigenvalue weighted by molar-refractivity contribution is -0.145. The molecule has 0 aromatic rings. The first-order chi connectivity index (χ1) is 15.6. The molecular weight excluding hydrogens is 470 g/mol. The fourth-order valence-electron chi connectivity index (χ4n) is 3.46. The quantitative estimate of drug-likeness (QED) is 0.189. The van der Waals surface area contributed by atoms with Gasteiger partial charge in [0, 0.05) is 13.0 Å². The lowest BCUT2D eigenvalue weighted by Crippen LogP contribution is -2.57. The number of hydrogen-bond acceptors (Lipinski definition) is 8. The monoisotopic (exact) mass is 505 g/mol. The maximum atomic E-state index is 13.3. The van der Waals surface area contributed by atoms with Crippen molar-refractivity contribution in [3.05, 3.63) is 0 Å². The second-order valence-electron chi connectivity index (χ2n) is 7.82. The molecule has 0 aromatic carbocycles. The fraction of sp³-hybridized carbons (Fsp3) is 0.750. The fourth-order valence-corrected chi connectivity index (χ4v) is 4.42. The van der Waals surface area contributed by atoms with Gasteiger partial charge in [0.05, 0.1) is 6.04 Å². The average Bonchev–Trinajstić information content (AvgIpc) is 3.26. The van der Waals surface area contributed by atoms with E-state index >= 15 is 0 Å². The molecule has 13 heteroatoms. The first-order valence-electron chi connectivity index (χ1n) is 10.8. The van der Waals surface area contributed by atoms with Gasteiger partial charge in [0.2, 0.25) is 23.6 Å². The van der Waals surface area contributed by atoms with Gasteiger partial charge in [-0.3, -0.25) is 19.2 Å². The van der Waals surface area contributed by atoms with Gasteiger partial charge in [0.1, 0.15) is 18.1 Å². The molecule has 33 heavy (non-hydrogen) atoms. The largest absolute Gasteiger partial charge is 0.480 e. The Morgan fingerprint density at radius 2 is 1.67 bits per heavy atom. The van der Waals surface area contributed by atoms with Crippen molar-refractivity contribution in [2.24, 2.45) is 11.5 Å². The predicted molar refractivity (Wildman–Crippen MR) is 129 cm³/mol. The maximum absolute atomic E-state index is 13.3. The minimum atomic E-state index is -1.29. The molecule has 188 valence electrons. The Hall–Kier alpha value is -1.99. The zero-order chi connectivity index (χ0) is 25.0. The topological polar surface area (TPSA) is 185 Å². The Kier molecular flexibility index (Phi) is 13.2. The molecule has 0 bridgehead atoms. The lowest BCUT2D eigenvalue weighted by atomic mass is 10.1. The molecule has 4 unspecified atom stereocenters. The Balaban J connectivity index is 2.89. The number of primary amides is 1. The summed E-state index contributed by atoms with van der Waals surface area (Å²) in [7, 11) is 0. The summed E-state index contributed by atoms with van der Waals surface area (Å²) in [6.45, 7) is 0.320. The molecule has 0 saturated carbocycles. The van der Waals surface area contributed by atoms with Crippen LogP contribution >= 0.6 is 23.5 Å². The number of rotatable bonds is 15. The van der Waals surface area contributed by atoms with Gasteiger partial charge in [0.25, 0.3) is 0 Å². The van der Waals surface area contributed by atoms with E-state index in [2.05, 4.69) is 10.6 Å². The molecule has 0 spiro atoms. The Morgan fingerprint density at radius 1 is 1.03 bits per heavy atom. The summed E-state index contributed by atoms with van der Waals surface area (Å²) in [6.07, 6.45) is 5.26. The number of hydrogen-bond donors (Lipinski definition) is 5. The Labute approximate surface area is 202 Å². The SMILES string of the molecule is CSCCC(N)C(=O)NC(CCSC)C(=O)N1CCCC1C(=O)NC(CCC(N)=O)C(=O)O. The van der Waals surface area contributed by atoms with Crippen molar-refractivity contribution < 1.29 is 29.1 Å². The predicted octanol–water partition coefficient (Wildman–Crippen LogP) is -0.869. The van der Waals surface area contributed by atoms with Crippen LogP contribution in [0.1, 0.15) is 38.5 Å². The molecule has 7 N–H and O–H groups in total. The molecule has 1 saturated heterocycles. The number of nitrogens with zero attached hydrogens (tertiary/aromatic N) is 1. The number of carboxylic acid groups (broad SMARTS) is 1. The van der Waals surface area contributed by atoms with Gasteiger partial charge in [-0.15, -0.1) is 0 Å². The number of carbonyl (C=O) groups is 5. The van der Waals surface area contributed by atoms with Crippen molar-refractivity contribution >= 4 is 53.1 Å². The van der Waals surface area contributed by atoms with Gasteiger partial charge < -0.3 is 32.1 Å². The molecule has 4 atom stereocenters. The summed E-state index contributed by atoms with van der Waals surface area (Å²) in [5.74, 6) is -2.04. The molecule has 0 radical (unpaired) electrons. The minimum Gasteiger partial charge on any atom is -0.480 e. The highest BCUT2D eigenvalue weighted by atomic mass is 32.2. The van der Waals surface area contributed by atoms with Crippen molar-refractivity contribution in [3.63, 3.8) is 0 Å². The second kappa shape index (κ2) is 15.0. The smallest absolute Gasteiger partial charge is 0.326 e. The Morgan fingerprint density at radius 3 is 2.24 bits per heavy atom. The standard InChI is InChI=1S/C20H35N5O6S2/c1-32-10-7-12(21)17(27)23-13(8-11-33-2)19(29)25-9-3-4-15(25)18(28)24-14(20(30)31)5-6-16(22)26/h12-15H,3-11,21H2,1-2H3,(H2,22,26)(H,23,27)(H,24,28)(H,30,31). The van der Waals surface area contributed by atoms with E-state index < -0.39 is 53.8 Å². The van der Waals surface area contributed by atoms with Crippen LogP contribution in [-0.2, 0) is 24.0 Å². The van der Waals surface area contributed by atoms with E-state index in [-0.39, 0.29) is 12.8 Å². The summed E-state index contributed by atoms with van der Waals surface area (Å²) in [5, 5.41) is 14.5. The van der Waals surface area contributed by atoms with E-state index in [9.17, 15) is 29.1 Å². The molecule has 1 aliphatic rings. The van der Waals surface area contributed by atoms with Crippen LogP contribution in [0.2, 0.25) is 0 Å². The van der Waals surface area contributed by atoms with E-state index in [1.165, 1.54) is 16.7 Å². The van der Waals surface area contributed by atoms with Crippen LogP contribution in [0, 0.1) is 0 Å². The molecule has 1 aliphatic heterocycles. The van der Waals surface area contributed by atoms with Gasteiger partial charge in [-0.25, -0.2) is 4.79 Å². The lowest BCUT2D eigenvalue weighted by Gasteiger charge is -2.30. The van der Waals surface area contributed by atoms with Crippen molar-refractivity contribution in [1.29, 1.82) is 0 Å². The number of carboxylic acids is 1. The molecule has 1 heterocycles. The molecule has 0 aromatic heterocycles. The molecule has 1 fully saturated rings. The van der Waals surface area contributed by atoms with Crippen LogP contribution in [0.15, 0.2) is 0 Å². The number of aliphatic carboxylic acids is 1. The normalized spacial score (nSPS) is 18.3. The maximum Gasteiger partial charge on any atom is 0.326 e. The van der Waals surface area contributed by atoms with E-state index in [4.69, 9.17) is 11.5 Å². The average molecular weight is 506 g/mol. The van der Waals surface area contributed by atoms with Gasteiger partial charge in [-0.1, -0.05) is 0 Å². The summed E-state index contributed by atoms with van der Waals surface area (Å²) in [5.41, 5.74) is 11.0. The van der Waals surface area contributed by atoms with Crippen LogP contribution in [-0.4, -0.2) is 94.3 Å². The highest BCUT2D eigenvalue weighted by Gasteiger charge is 2.39. The van der Waals surface area contributed by atoms with Gasteiger partial charge in [0.15, 0.2) is 0 Å². The number of likely N-dealkylation sites (tertiary alicyclic amines) is 1. The van der Waals surface area contributed by atoms with Gasteiger partial charge in [-0.2, -0.15) is 23.5 Å². The number of nitrogens with two attached hydrogens (primary N) is 2. The second-order valence-corrected chi connectivity index (χ2v) is 9.80. The highest BCUT2D eigenvalue weighted by Crippen LogP contribution is 2.20. The first kappa shape index (κ1) is 29.0. The molecular formula is C20H35N5O6S2. The number of carbonyl (C=O) groups excluding carboxylic acids is 4. The first-order valence-corrected chi connectivity index (χ1v) is 13.6. The van der Waals surface area contributed by atoms with Crippen LogP contribution in [0.25, 0.3) is 0 Å². The van der Waals surface area contributed by atoms with Gasteiger partial charge >= 0.3 is 5.97 Å². The molecule has 1 rings (SSSR count). The zero-order valence-corrected chi connectivity index (χ0v) is 20.7. The van der Waals surface area contributed by atoms with Crippen LogP contribution in [0.3, 0.4) is 0 Å². The highest BCUT2D eigenvalue weighted by molar-refractivity contribution is 7.98. The van der Waals surface area contributed by atoms with Crippen LogP contribution < -0.4 is 22.1 Å². The summed E-state index contributed by atoms with van der Waals surface area (Å²) in [6, 6.07) is -3.71. The van der Waals surface area contributed by atoms with Crippen LogP contribution in [0.5, 0.6) is 0 Å². The number of thioether (sulfide) groups is 2. The zero-order valence-electron chi connectivity index (χ0n) is 19.1. The van der Waals surface area contributed by atoms with Crippen molar-refractivity contribution in [2.75, 3.05) is 30.6 Å². The third kappa shape index (κ3) is 9.80. The molecule has 0 aliphatic carbocycles. The van der Waals surface area contributed by atoms with Crippen LogP contribution in [0.4, 0.5) is 0 Å². The van der Waals surface area contributed by atoms with E-state index in [0.29, 0.717) is 43.7 Å². The summed E-state index contributed by atoms with van der Waals surface area (Å²) < 4.78 is 0. The Bertz CT molecular complexity index is 710. The summed E-state index contributed by atoms with van der Waals surface area (Å²) >= 11 is 3.10. The van der Waals surface area contributed by atoms with Crippen molar-refractivity contribution in [3.8, 4) is 0 Å². The number of nitrogens with one attached hydrogen (secondary N) is 2. The van der Waals surface area contributed by atoms with Crippen molar-refractivity contribution in [1.82, 2.24) is 15.5 Å². The van der Waals surface area contributed by atoms with Gasteiger partial charge in [-0.05, 0) is 56.1 Å². The minimum absolute atomic E-state index is 0.141. The van der Waals surface area contributed by atoms with E-state index in [1.807, 2.05) is 12.5 Å². The summed E-state index contributed by atoms with van der Waals surface area (Å²) in [4.78, 5) is 62.4. The molecule has 4 amide bonds. The third-order valence-corrected chi connectivity index (χ3v) is 6.62. The van der Waals surface area contributed by atoms with E-state index in [0.717, 1.165) is 0 Å². The third-order valence-electron chi connectivity index (χ3n) is 5.33. The number of amides is 4. The van der Waals surface area contributed by atoms with E-state index in [1.54, 1.807) is 11.8 Å². The molecule has 11 nitrogen and oxygen atoms in total.